The third-order valence-electron chi connectivity index (χ3n) is 4.38. The zero-order valence-corrected chi connectivity index (χ0v) is 11.6. The van der Waals surface area contributed by atoms with Gasteiger partial charge in [-0.05, 0) is 49.2 Å². The molecule has 2 saturated heterocycles. The van der Waals surface area contributed by atoms with Gasteiger partial charge < -0.3 is 9.73 Å². The minimum absolute atomic E-state index is 0.268. The molecule has 5 nitrogen and oxygen atoms in total. The van der Waals surface area contributed by atoms with Crippen molar-refractivity contribution >= 4 is 0 Å². The molecule has 1 aromatic carbocycles. The highest BCUT2D eigenvalue weighted by Crippen LogP contribution is 2.27. The highest BCUT2D eigenvalue weighted by Gasteiger charge is 2.36. The van der Waals surface area contributed by atoms with E-state index in [1.807, 2.05) is 0 Å². The van der Waals surface area contributed by atoms with Crippen LogP contribution in [0.5, 0.6) is 0 Å². The molecule has 110 valence electrons. The van der Waals surface area contributed by atoms with Crippen LogP contribution >= 0.6 is 0 Å². The van der Waals surface area contributed by atoms with Crippen LogP contribution in [0.2, 0.25) is 0 Å². The molecule has 2 fully saturated rings. The summed E-state index contributed by atoms with van der Waals surface area (Å²) in [5.41, 5.74) is 0.748. The maximum Gasteiger partial charge on any atom is 0.247 e. The molecule has 2 aliphatic rings. The van der Waals surface area contributed by atoms with Gasteiger partial charge >= 0.3 is 0 Å². The zero-order chi connectivity index (χ0) is 14.2. The molecular weight excluding hydrogens is 271 g/mol. The molecule has 6 heteroatoms. The maximum absolute atomic E-state index is 12.9. The maximum atomic E-state index is 12.9. The van der Waals surface area contributed by atoms with Gasteiger partial charge in [-0.25, -0.2) is 4.39 Å². The summed E-state index contributed by atoms with van der Waals surface area (Å²) in [6.07, 6.45) is 0. The highest BCUT2D eigenvalue weighted by molar-refractivity contribution is 5.51. The van der Waals surface area contributed by atoms with Crippen molar-refractivity contribution in [3.05, 3.63) is 36.0 Å². The van der Waals surface area contributed by atoms with E-state index in [0.717, 1.165) is 43.6 Å². The fraction of sp³-hybridized carbons (Fsp3) is 0.467. The number of hydrogen-bond donors (Lipinski definition) is 1. The number of halogens is 1. The van der Waals surface area contributed by atoms with Crippen LogP contribution in [0.4, 0.5) is 4.39 Å². The van der Waals surface area contributed by atoms with Crippen molar-refractivity contribution in [1.82, 2.24) is 20.4 Å². The van der Waals surface area contributed by atoms with Gasteiger partial charge in [0.15, 0.2) is 0 Å². The van der Waals surface area contributed by atoms with Crippen molar-refractivity contribution in [3.63, 3.8) is 0 Å². The molecular formula is C15H17FN4O. The molecule has 1 N–H and O–H groups in total. The van der Waals surface area contributed by atoms with Crippen LogP contribution in [0.1, 0.15) is 5.89 Å². The van der Waals surface area contributed by atoms with E-state index in [4.69, 9.17) is 4.42 Å². The Balaban J connectivity index is 1.44. The molecule has 0 aliphatic carbocycles. The number of fused-ring (bicyclic) bond motifs is 1. The summed E-state index contributed by atoms with van der Waals surface area (Å²) in [6.45, 7) is 5.11. The lowest BCUT2D eigenvalue weighted by molar-refractivity contribution is 0.273. The summed E-state index contributed by atoms with van der Waals surface area (Å²) in [6, 6.07) is 6.10. The first kappa shape index (κ1) is 12.9. The van der Waals surface area contributed by atoms with E-state index < -0.39 is 0 Å². The summed E-state index contributed by atoms with van der Waals surface area (Å²) in [5, 5.41) is 11.6. The Morgan fingerprint density at radius 1 is 1.14 bits per heavy atom. The summed E-state index contributed by atoms with van der Waals surface area (Å²) in [7, 11) is 0. The predicted molar refractivity (Wildman–Crippen MR) is 74.8 cm³/mol. The Hall–Kier alpha value is -1.79. The number of rotatable bonds is 3. The fourth-order valence-corrected chi connectivity index (χ4v) is 3.30. The molecule has 3 heterocycles. The molecule has 2 unspecified atom stereocenters. The van der Waals surface area contributed by atoms with E-state index in [1.165, 1.54) is 12.1 Å². The zero-order valence-electron chi connectivity index (χ0n) is 11.6. The molecule has 21 heavy (non-hydrogen) atoms. The van der Waals surface area contributed by atoms with Crippen molar-refractivity contribution in [2.45, 2.75) is 6.54 Å². The van der Waals surface area contributed by atoms with Crippen molar-refractivity contribution < 1.29 is 8.81 Å². The Morgan fingerprint density at radius 3 is 2.57 bits per heavy atom. The quantitative estimate of drug-likeness (QED) is 0.928. The average Bonchev–Trinajstić information content (AvgIpc) is 3.16. The van der Waals surface area contributed by atoms with Gasteiger partial charge in [-0.15, -0.1) is 10.2 Å². The molecule has 0 spiro atoms. The molecule has 0 amide bonds. The van der Waals surface area contributed by atoms with Gasteiger partial charge in [-0.1, -0.05) is 0 Å². The molecule has 2 aromatic rings. The molecule has 0 bridgehead atoms. The van der Waals surface area contributed by atoms with Gasteiger partial charge in [-0.2, -0.15) is 0 Å². The fourth-order valence-electron chi connectivity index (χ4n) is 3.30. The van der Waals surface area contributed by atoms with E-state index >= 15 is 0 Å². The molecule has 1 aromatic heterocycles. The first-order chi connectivity index (χ1) is 10.3. The third-order valence-corrected chi connectivity index (χ3v) is 4.38. The summed E-state index contributed by atoms with van der Waals surface area (Å²) >= 11 is 0. The van der Waals surface area contributed by atoms with Crippen LogP contribution in [0.15, 0.2) is 28.7 Å². The van der Waals surface area contributed by atoms with Crippen molar-refractivity contribution in [1.29, 1.82) is 0 Å². The molecule has 2 atom stereocenters. The smallest absolute Gasteiger partial charge is 0.247 e. The molecule has 0 radical (unpaired) electrons. The number of benzene rings is 1. The van der Waals surface area contributed by atoms with E-state index in [2.05, 4.69) is 20.4 Å². The van der Waals surface area contributed by atoms with Crippen LogP contribution < -0.4 is 5.32 Å². The Bertz CT molecular complexity index is 615. The van der Waals surface area contributed by atoms with Gasteiger partial charge in [0.05, 0.1) is 6.54 Å². The van der Waals surface area contributed by atoms with E-state index in [1.54, 1.807) is 12.1 Å². The first-order valence-corrected chi connectivity index (χ1v) is 7.29. The second-order valence-electron chi connectivity index (χ2n) is 5.88. The standard InChI is InChI=1S/C15H17FN4O/c16-13-3-1-10(2-4-13)15-19-18-14(21-15)9-20-7-11-5-17-6-12(11)8-20/h1-4,11-12,17H,5-9H2. The Labute approximate surface area is 122 Å². The van der Waals surface area contributed by atoms with E-state index in [9.17, 15) is 4.39 Å². The van der Waals surface area contributed by atoms with Crippen LogP contribution in [0, 0.1) is 17.7 Å². The van der Waals surface area contributed by atoms with Crippen molar-refractivity contribution in [3.8, 4) is 11.5 Å². The number of nitrogens with zero attached hydrogens (tertiary/aromatic N) is 3. The summed E-state index contributed by atoms with van der Waals surface area (Å²) in [4.78, 5) is 2.37. The summed E-state index contributed by atoms with van der Waals surface area (Å²) in [5.74, 6) is 2.32. The van der Waals surface area contributed by atoms with Crippen molar-refractivity contribution in [2.24, 2.45) is 11.8 Å². The Morgan fingerprint density at radius 2 is 1.86 bits per heavy atom. The average molecular weight is 288 g/mol. The van der Waals surface area contributed by atoms with E-state index in [-0.39, 0.29) is 5.82 Å². The second kappa shape index (κ2) is 5.20. The largest absolute Gasteiger partial charge is 0.419 e. The van der Waals surface area contributed by atoms with Crippen LogP contribution in [0.25, 0.3) is 11.5 Å². The van der Waals surface area contributed by atoms with Crippen LogP contribution in [-0.4, -0.2) is 41.3 Å². The van der Waals surface area contributed by atoms with E-state index in [0.29, 0.717) is 18.3 Å². The highest BCUT2D eigenvalue weighted by atomic mass is 19.1. The van der Waals surface area contributed by atoms with Crippen LogP contribution in [-0.2, 0) is 6.54 Å². The predicted octanol–water partition coefficient (Wildman–Crippen LogP) is 1.53. The van der Waals surface area contributed by atoms with Gasteiger partial charge in [-0.3, -0.25) is 4.90 Å². The van der Waals surface area contributed by atoms with Gasteiger partial charge in [0.25, 0.3) is 0 Å². The lowest BCUT2D eigenvalue weighted by atomic mass is 10.0. The normalized spacial score (nSPS) is 25.4. The van der Waals surface area contributed by atoms with Crippen LogP contribution in [0.3, 0.4) is 0 Å². The number of aromatic nitrogens is 2. The second-order valence-corrected chi connectivity index (χ2v) is 5.88. The first-order valence-electron chi connectivity index (χ1n) is 7.29. The number of likely N-dealkylation sites (tertiary alicyclic amines) is 1. The van der Waals surface area contributed by atoms with Crippen molar-refractivity contribution in [2.75, 3.05) is 26.2 Å². The van der Waals surface area contributed by atoms with Gasteiger partial charge in [0.2, 0.25) is 11.8 Å². The molecule has 0 saturated carbocycles. The monoisotopic (exact) mass is 288 g/mol. The topological polar surface area (TPSA) is 54.2 Å². The minimum Gasteiger partial charge on any atom is -0.419 e. The molecule has 4 rings (SSSR count). The number of hydrogen-bond acceptors (Lipinski definition) is 5. The SMILES string of the molecule is Fc1ccc(-c2nnc(CN3CC4CNCC4C3)o2)cc1. The minimum atomic E-state index is -0.268. The summed E-state index contributed by atoms with van der Waals surface area (Å²) < 4.78 is 18.6. The lowest BCUT2D eigenvalue weighted by Gasteiger charge is -2.13. The van der Waals surface area contributed by atoms with Gasteiger partial charge in [0.1, 0.15) is 5.82 Å². The molecule has 2 aliphatic heterocycles. The van der Waals surface area contributed by atoms with Gasteiger partial charge in [0, 0.05) is 18.7 Å². The Kier molecular flexibility index (Phi) is 3.20. The number of nitrogens with one attached hydrogen (secondary N) is 1. The lowest BCUT2D eigenvalue weighted by Crippen LogP contribution is -2.25. The third kappa shape index (κ3) is 2.56.